The molecule has 148 valence electrons. The van der Waals surface area contributed by atoms with E-state index in [1.54, 1.807) is 23.1 Å². The zero-order valence-electron chi connectivity index (χ0n) is 16.1. The van der Waals surface area contributed by atoms with Gasteiger partial charge in [-0.25, -0.2) is 9.07 Å². The SMILES string of the molecule is N#Cc1ccc(-c2cc(NC[C@H]3CCC[C@H](N)C3)nn2-c2ccncc2)cc1F. The number of nitrogens with one attached hydrogen (secondary N) is 1. The van der Waals surface area contributed by atoms with Gasteiger partial charge in [-0.2, -0.15) is 5.26 Å². The first-order valence-corrected chi connectivity index (χ1v) is 9.84. The molecule has 4 rings (SSSR count). The molecule has 0 saturated heterocycles. The Hall–Kier alpha value is -3.24. The quantitative estimate of drug-likeness (QED) is 0.690. The Morgan fingerprint density at radius 1 is 1.21 bits per heavy atom. The lowest BCUT2D eigenvalue weighted by atomic mass is 9.86. The van der Waals surface area contributed by atoms with E-state index in [9.17, 15) is 4.39 Å². The molecule has 0 unspecified atom stereocenters. The zero-order chi connectivity index (χ0) is 20.2. The fourth-order valence-corrected chi connectivity index (χ4v) is 3.89. The molecule has 7 heteroatoms. The molecule has 3 aromatic rings. The van der Waals surface area contributed by atoms with Crippen LogP contribution in [-0.4, -0.2) is 27.4 Å². The van der Waals surface area contributed by atoms with Crippen LogP contribution in [0.1, 0.15) is 31.2 Å². The molecule has 29 heavy (non-hydrogen) atoms. The predicted octanol–water partition coefficient (Wildman–Crippen LogP) is 3.87. The first-order chi connectivity index (χ1) is 14.1. The van der Waals surface area contributed by atoms with Gasteiger partial charge in [0.2, 0.25) is 0 Å². The van der Waals surface area contributed by atoms with Crippen LogP contribution in [-0.2, 0) is 0 Å². The van der Waals surface area contributed by atoms with Gasteiger partial charge in [0, 0.05) is 36.6 Å². The van der Waals surface area contributed by atoms with E-state index in [2.05, 4.69) is 10.3 Å². The number of pyridine rings is 1. The Balaban J connectivity index is 1.64. The molecule has 6 nitrogen and oxygen atoms in total. The minimum absolute atomic E-state index is 0.0238. The van der Waals surface area contributed by atoms with Gasteiger partial charge in [-0.15, -0.1) is 5.10 Å². The standard InChI is InChI=1S/C22H23FN6/c23-20-11-16(4-5-17(20)13-24)21-12-22(27-14-15-2-1-3-18(25)10-15)28-29(21)19-6-8-26-9-7-19/h4-9,11-12,15,18H,1-3,10,14,25H2,(H,27,28)/t15-,18-/m0/s1. The Bertz CT molecular complexity index is 1020. The van der Waals surface area contributed by atoms with E-state index in [4.69, 9.17) is 16.1 Å². The van der Waals surface area contributed by atoms with Crippen LogP contribution in [0.4, 0.5) is 10.2 Å². The first-order valence-electron chi connectivity index (χ1n) is 9.84. The minimum atomic E-state index is -0.543. The number of halogens is 1. The van der Waals surface area contributed by atoms with Gasteiger partial charge in [0.05, 0.1) is 16.9 Å². The van der Waals surface area contributed by atoms with Gasteiger partial charge in [-0.3, -0.25) is 4.98 Å². The molecule has 1 aromatic carbocycles. The molecule has 2 heterocycles. The van der Waals surface area contributed by atoms with E-state index in [1.807, 2.05) is 24.3 Å². The maximum Gasteiger partial charge on any atom is 0.149 e. The van der Waals surface area contributed by atoms with Crippen molar-refractivity contribution in [3.63, 3.8) is 0 Å². The summed E-state index contributed by atoms with van der Waals surface area (Å²) in [6, 6.07) is 12.3. The number of hydrogen-bond donors (Lipinski definition) is 2. The van der Waals surface area contributed by atoms with Gasteiger partial charge in [0.1, 0.15) is 17.7 Å². The third kappa shape index (κ3) is 4.28. The summed E-state index contributed by atoms with van der Waals surface area (Å²) >= 11 is 0. The minimum Gasteiger partial charge on any atom is -0.368 e. The maximum atomic E-state index is 14.2. The van der Waals surface area contributed by atoms with Crippen LogP contribution < -0.4 is 11.1 Å². The number of benzene rings is 1. The number of nitriles is 1. The summed E-state index contributed by atoms with van der Waals surface area (Å²) in [6.07, 6.45) is 7.83. The van der Waals surface area contributed by atoms with E-state index < -0.39 is 5.82 Å². The van der Waals surface area contributed by atoms with Gasteiger partial charge < -0.3 is 11.1 Å². The fourth-order valence-electron chi connectivity index (χ4n) is 3.89. The van der Waals surface area contributed by atoms with Crippen molar-refractivity contribution < 1.29 is 4.39 Å². The van der Waals surface area contributed by atoms with Crippen molar-refractivity contribution in [2.24, 2.45) is 11.7 Å². The van der Waals surface area contributed by atoms with E-state index in [0.29, 0.717) is 11.5 Å². The lowest BCUT2D eigenvalue weighted by Gasteiger charge is -2.26. The van der Waals surface area contributed by atoms with Crippen LogP contribution in [0.15, 0.2) is 48.8 Å². The maximum absolute atomic E-state index is 14.2. The van der Waals surface area contributed by atoms with Crippen molar-refractivity contribution in [1.82, 2.24) is 14.8 Å². The monoisotopic (exact) mass is 390 g/mol. The summed E-state index contributed by atoms with van der Waals surface area (Å²) in [5, 5.41) is 17.1. The van der Waals surface area contributed by atoms with Crippen molar-refractivity contribution in [2.75, 3.05) is 11.9 Å². The van der Waals surface area contributed by atoms with E-state index >= 15 is 0 Å². The van der Waals surface area contributed by atoms with Crippen LogP contribution in [0, 0.1) is 23.1 Å². The van der Waals surface area contributed by atoms with Crippen molar-refractivity contribution in [1.29, 1.82) is 5.26 Å². The normalized spacial score (nSPS) is 18.9. The highest BCUT2D eigenvalue weighted by Crippen LogP contribution is 2.28. The highest BCUT2D eigenvalue weighted by Gasteiger charge is 2.20. The summed E-state index contributed by atoms with van der Waals surface area (Å²) in [7, 11) is 0. The predicted molar refractivity (Wildman–Crippen MR) is 110 cm³/mol. The van der Waals surface area contributed by atoms with E-state index in [-0.39, 0.29) is 11.6 Å². The largest absolute Gasteiger partial charge is 0.368 e. The molecule has 1 aliphatic rings. The molecular weight excluding hydrogens is 367 g/mol. The number of nitrogens with zero attached hydrogens (tertiary/aromatic N) is 4. The fraction of sp³-hybridized carbons (Fsp3) is 0.318. The van der Waals surface area contributed by atoms with Crippen molar-refractivity contribution in [3.8, 4) is 23.0 Å². The molecule has 0 amide bonds. The smallest absolute Gasteiger partial charge is 0.149 e. The second-order valence-corrected chi connectivity index (χ2v) is 7.51. The van der Waals surface area contributed by atoms with Gasteiger partial charge in [-0.1, -0.05) is 12.5 Å². The summed E-state index contributed by atoms with van der Waals surface area (Å²) in [5.74, 6) is 0.708. The molecule has 0 radical (unpaired) electrons. The average Bonchev–Trinajstić information content (AvgIpc) is 3.17. The van der Waals surface area contributed by atoms with Crippen molar-refractivity contribution in [2.45, 2.75) is 31.7 Å². The van der Waals surface area contributed by atoms with Crippen LogP contribution in [0.3, 0.4) is 0 Å². The number of anilines is 1. The molecule has 1 aliphatic carbocycles. The van der Waals surface area contributed by atoms with Crippen molar-refractivity contribution >= 4 is 5.82 Å². The number of aromatic nitrogens is 3. The van der Waals surface area contributed by atoms with Gasteiger partial charge in [0.25, 0.3) is 0 Å². The number of rotatable bonds is 5. The Morgan fingerprint density at radius 3 is 2.76 bits per heavy atom. The summed E-state index contributed by atoms with van der Waals surface area (Å²) in [6.45, 7) is 0.808. The Labute approximate surface area is 169 Å². The lowest BCUT2D eigenvalue weighted by Crippen LogP contribution is -2.31. The summed E-state index contributed by atoms with van der Waals surface area (Å²) < 4.78 is 16.0. The highest BCUT2D eigenvalue weighted by atomic mass is 19.1. The van der Waals surface area contributed by atoms with Crippen LogP contribution in [0.25, 0.3) is 16.9 Å². The number of nitrogens with two attached hydrogens (primary N) is 1. The van der Waals surface area contributed by atoms with Crippen LogP contribution >= 0.6 is 0 Å². The molecule has 2 atom stereocenters. The Kier molecular flexibility index (Phi) is 5.54. The number of hydrogen-bond acceptors (Lipinski definition) is 5. The third-order valence-electron chi connectivity index (χ3n) is 5.40. The van der Waals surface area contributed by atoms with Gasteiger partial charge >= 0.3 is 0 Å². The second-order valence-electron chi connectivity index (χ2n) is 7.51. The third-order valence-corrected chi connectivity index (χ3v) is 5.40. The van der Waals surface area contributed by atoms with E-state index in [0.717, 1.165) is 43.0 Å². The van der Waals surface area contributed by atoms with Crippen molar-refractivity contribution in [3.05, 3.63) is 60.2 Å². The Morgan fingerprint density at radius 2 is 2.03 bits per heavy atom. The van der Waals surface area contributed by atoms with Crippen LogP contribution in [0.2, 0.25) is 0 Å². The van der Waals surface area contributed by atoms with Gasteiger partial charge in [0.15, 0.2) is 0 Å². The van der Waals surface area contributed by atoms with Gasteiger partial charge in [-0.05, 0) is 49.4 Å². The molecule has 0 bridgehead atoms. The molecule has 2 aromatic heterocycles. The lowest BCUT2D eigenvalue weighted by molar-refractivity contribution is 0.335. The zero-order valence-corrected chi connectivity index (χ0v) is 16.1. The summed E-state index contributed by atoms with van der Waals surface area (Å²) in [4.78, 5) is 4.06. The average molecular weight is 390 g/mol. The van der Waals surface area contributed by atoms with Crippen LogP contribution in [0.5, 0.6) is 0 Å². The topological polar surface area (TPSA) is 92.5 Å². The molecule has 3 N–H and O–H groups in total. The summed E-state index contributed by atoms with van der Waals surface area (Å²) in [5.41, 5.74) is 8.34. The molecule has 1 fully saturated rings. The molecule has 0 spiro atoms. The van der Waals surface area contributed by atoms with E-state index in [1.165, 1.54) is 18.6 Å². The molecule has 0 aliphatic heterocycles. The first kappa shape index (κ1) is 19.1. The molecule has 1 saturated carbocycles. The molecular formula is C22H23FN6. The second kappa shape index (κ2) is 8.41. The highest BCUT2D eigenvalue weighted by molar-refractivity contribution is 5.67.